The molecule has 0 aliphatic carbocycles. The highest BCUT2D eigenvalue weighted by atomic mass is 32.2. The van der Waals surface area contributed by atoms with Crippen LogP contribution in [0.1, 0.15) is 16.5 Å². The molecule has 2 heterocycles. The van der Waals surface area contributed by atoms with E-state index in [0.717, 1.165) is 12.4 Å². The van der Waals surface area contributed by atoms with Crippen molar-refractivity contribution in [3.63, 3.8) is 0 Å². The van der Waals surface area contributed by atoms with Gasteiger partial charge in [-0.15, -0.1) is 0 Å². The van der Waals surface area contributed by atoms with Crippen molar-refractivity contribution in [3.05, 3.63) is 48.4 Å². The standard InChI is InChI=1S/C16H12F3N5O4S/c1-27-10-3-5-11(6-4-10)29(2,26)24-14(25)13-20-7-9(8-21-13)12-22-15(28-23-12)16(17,18)19/h3-8H,1-2H3. The van der Waals surface area contributed by atoms with E-state index in [1.165, 1.54) is 25.5 Å². The fourth-order valence-corrected chi connectivity index (χ4v) is 3.23. The largest absolute Gasteiger partial charge is 0.497 e. The number of halogens is 3. The molecule has 0 bridgehead atoms. The number of methoxy groups -OCH3 is 1. The maximum absolute atomic E-state index is 12.7. The lowest BCUT2D eigenvalue weighted by molar-refractivity contribution is -0.159. The molecule has 0 saturated heterocycles. The van der Waals surface area contributed by atoms with Crippen molar-refractivity contribution in [3.8, 4) is 17.1 Å². The normalized spacial score (nSPS) is 13.6. The number of nitrogens with zero attached hydrogens (tertiary/aromatic N) is 5. The molecule has 1 amide bonds. The number of hydrogen-bond acceptors (Lipinski definition) is 8. The summed E-state index contributed by atoms with van der Waals surface area (Å²) >= 11 is 0. The molecule has 0 spiro atoms. The van der Waals surface area contributed by atoms with Gasteiger partial charge in [-0.05, 0) is 24.3 Å². The van der Waals surface area contributed by atoms with Gasteiger partial charge in [-0.3, -0.25) is 4.79 Å². The van der Waals surface area contributed by atoms with Crippen LogP contribution in [0.3, 0.4) is 0 Å². The van der Waals surface area contributed by atoms with E-state index in [9.17, 15) is 22.2 Å². The molecule has 0 aliphatic heterocycles. The van der Waals surface area contributed by atoms with Crippen molar-refractivity contribution in [2.75, 3.05) is 13.4 Å². The molecule has 0 radical (unpaired) electrons. The molecule has 0 N–H and O–H groups in total. The molecule has 1 unspecified atom stereocenters. The highest BCUT2D eigenvalue weighted by Crippen LogP contribution is 2.29. The smallest absolute Gasteiger partial charge is 0.471 e. The van der Waals surface area contributed by atoms with Crippen molar-refractivity contribution in [2.45, 2.75) is 11.1 Å². The predicted molar refractivity (Wildman–Crippen MR) is 92.4 cm³/mol. The molecule has 9 nitrogen and oxygen atoms in total. The molecule has 0 fully saturated rings. The second kappa shape index (κ2) is 7.58. The van der Waals surface area contributed by atoms with Crippen molar-refractivity contribution < 1.29 is 31.4 Å². The molecule has 29 heavy (non-hydrogen) atoms. The lowest BCUT2D eigenvalue weighted by Crippen LogP contribution is -2.07. The number of carbonyl (C=O) groups is 1. The molecular weight excluding hydrogens is 415 g/mol. The lowest BCUT2D eigenvalue weighted by atomic mass is 10.3. The molecule has 152 valence electrons. The van der Waals surface area contributed by atoms with E-state index >= 15 is 0 Å². The molecule has 1 aromatic carbocycles. The number of rotatable bonds is 4. The lowest BCUT2D eigenvalue weighted by Gasteiger charge is -2.05. The first kappa shape index (κ1) is 20.4. The van der Waals surface area contributed by atoms with Crippen LogP contribution in [-0.2, 0) is 15.9 Å². The van der Waals surface area contributed by atoms with Gasteiger partial charge in [0.05, 0.1) is 22.4 Å². The SMILES string of the molecule is COc1ccc(S(C)(=O)=NC(=O)c2ncc(-c3noc(C(F)(F)F)n3)cn2)cc1. The summed E-state index contributed by atoms with van der Waals surface area (Å²) in [5.74, 6) is -2.72. The van der Waals surface area contributed by atoms with Crippen LogP contribution in [0.15, 0.2) is 50.4 Å². The molecule has 3 rings (SSSR count). The minimum Gasteiger partial charge on any atom is -0.497 e. The summed E-state index contributed by atoms with van der Waals surface area (Å²) in [6.45, 7) is 0. The quantitative estimate of drug-likeness (QED) is 0.623. The van der Waals surface area contributed by atoms with E-state index in [4.69, 9.17) is 4.74 Å². The average molecular weight is 427 g/mol. The Morgan fingerprint density at radius 1 is 1.17 bits per heavy atom. The highest BCUT2D eigenvalue weighted by molar-refractivity contribution is 7.93. The Labute approximate surface area is 162 Å². The second-order valence-corrected chi connectivity index (χ2v) is 7.85. The zero-order chi connectivity index (χ0) is 21.2. The number of ether oxygens (including phenoxy) is 1. The van der Waals surface area contributed by atoms with Gasteiger partial charge in [0.1, 0.15) is 5.75 Å². The summed E-state index contributed by atoms with van der Waals surface area (Å²) in [7, 11) is -1.60. The summed E-state index contributed by atoms with van der Waals surface area (Å²) in [6, 6.07) is 6.17. The first-order valence-electron chi connectivity index (χ1n) is 7.74. The predicted octanol–water partition coefficient (Wildman–Crippen LogP) is 2.85. The number of carbonyl (C=O) groups excluding carboxylic acids is 1. The van der Waals surface area contributed by atoms with E-state index in [0.29, 0.717) is 10.6 Å². The molecule has 3 aromatic rings. The minimum absolute atomic E-state index is 0.00631. The van der Waals surface area contributed by atoms with Crippen LogP contribution in [0.25, 0.3) is 11.4 Å². The van der Waals surface area contributed by atoms with Crippen molar-refractivity contribution in [2.24, 2.45) is 4.36 Å². The summed E-state index contributed by atoms with van der Waals surface area (Å²) in [4.78, 5) is 23.2. The minimum atomic E-state index is -4.79. The Balaban J connectivity index is 1.83. The third-order valence-corrected chi connectivity index (χ3v) is 5.18. The van der Waals surface area contributed by atoms with Crippen molar-refractivity contribution in [1.29, 1.82) is 0 Å². The third kappa shape index (κ3) is 4.56. The Hall–Kier alpha value is -3.35. The number of amides is 1. The van der Waals surface area contributed by atoms with Crippen LogP contribution in [0, 0.1) is 0 Å². The summed E-state index contributed by atoms with van der Waals surface area (Å²) in [5.41, 5.74) is -0.00631. The number of aromatic nitrogens is 4. The fourth-order valence-electron chi connectivity index (χ4n) is 2.09. The van der Waals surface area contributed by atoms with Gasteiger partial charge >= 0.3 is 18.0 Å². The zero-order valence-corrected chi connectivity index (χ0v) is 15.7. The van der Waals surface area contributed by atoms with Crippen molar-refractivity contribution in [1.82, 2.24) is 20.1 Å². The first-order chi connectivity index (χ1) is 13.6. The Bertz CT molecular complexity index is 1150. The van der Waals surface area contributed by atoms with Crippen LogP contribution in [0.2, 0.25) is 0 Å². The van der Waals surface area contributed by atoms with E-state index in [1.807, 2.05) is 0 Å². The van der Waals surface area contributed by atoms with Crippen molar-refractivity contribution >= 4 is 15.6 Å². The van der Waals surface area contributed by atoms with Crippen LogP contribution >= 0.6 is 0 Å². The van der Waals surface area contributed by atoms with Gasteiger partial charge in [0.15, 0.2) is 0 Å². The van der Waals surface area contributed by atoms with E-state index in [1.54, 1.807) is 12.1 Å². The summed E-state index contributed by atoms with van der Waals surface area (Å²) in [5, 5.41) is 3.19. The Morgan fingerprint density at radius 2 is 1.79 bits per heavy atom. The van der Waals surface area contributed by atoms with Gasteiger partial charge in [-0.25, -0.2) is 14.2 Å². The molecular formula is C16H12F3N5O4S. The van der Waals surface area contributed by atoms with E-state index in [-0.39, 0.29) is 5.56 Å². The Kier molecular flexibility index (Phi) is 5.33. The Morgan fingerprint density at radius 3 is 2.31 bits per heavy atom. The van der Waals surface area contributed by atoms with Gasteiger partial charge in [0.25, 0.3) is 0 Å². The average Bonchev–Trinajstić information content (AvgIpc) is 3.18. The highest BCUT2D eigenvalue weighted by Gasteiger charge is 2.38. The van der Waals surface area contributed by atoms with Crippen LogP contribution in [-0.4, -0.2) is 43.6 Å². The summed E-state index contributed by atoms with van der Waals surface area (Å²) < 4.78 is 63.1. The van der Waals surface area contributed by atoms with E-state index in [2.05, 4.69) is 29.0 Å². The van der Waals surface area contributed by atoms with Gasteiger partial charge in [-0.1, -0.05) is 5.16 Å². The van der Waals surface area contributed by atoms with Crippen LogP contribution in [0.4, 0.5) is 13.2 Å². The van der Waals surface area contributed by atoms with Crippen LogP contribution < -0.4 is 4.74 Å². The van der Waals surface area contributed by atoms with Gasteiger partial charge in [0.2, 0.25) is 11.6 Å². The number of hydrogen-bond donors (Lipinski definition) is 0. The van der Waals surface area contributed by atoms with Gasteiger partial charge < -0.3 is 9.26 Å². The van der Waals surface area contributed by atoms with E-state index < -0.39 is 39.4 Å². The first-order valence-corrected chi connectivity index (χ1v) is 9.66. The number of alkyl halides is 3. The molecule has 2 aromatic heterocycles. The molecule has 1 atom stereocenters. The second-order valence-electron chi connectivity index (χ2n) is 5.59. The molecule has 0 saturated carbocycles. The monoisotopic (exact) mass is 427 g/mol. The molecule has 13 heteroatoms. The molecule has 0 aliphatic rings. The maximum atomic E-state index is 12.7. The number of benzene rings is 1. The third-order valence-electron chi connectivity index (χ3n) is 3.52. The summed E-state index contributed by atoms with van der Waals surface area (Å²) in [6.07, 6.45) is -1.44. The topological polar surface area (TPSA) is 120 Å². The van der Waals surface area contributed by atoms with Gasteiger partial charge in [-0.2, -0.15) is 22.5 Å². The zero-order valence-electron chi connectivity index (χ0n) is 14.9. The van der Waals surface area contributed by atoms with Crippen LogP contribution in [0.5, 0.6) is 5.75 Å². The fraction of sp³-hybridized carbons (Fsp3) is 0.188. The maximum Gasteiger partial charge on any atom is 0.471 e. The van der Waals surface area contributed by atoms with Gasteiger partial charge in [0, 0.05) is 23.5 Å².